The number of carbonyl (C=O) groups excluding carboxylic acids is 1. The molecule has 1 aliphatic heterocycles. The van der Waals surface area contributed by atoms with Crippen LogP contribution in [0.1, 0.15) is 13.3 Å². The lowest BCUT2D eigenvalue weighted by Crippen LogP contribution is -2.34. The Kier molecular flexibility index (Phi) is 6.36. The van der Waals surface area contributed by atoms with Gasteiger partial charge in [-0.2, -0.15) is 0 Å². The minimum absolute atomic E-state index is 0.0151. The summed E-state index contributed by atoms with van der Waals surface area (Å²) in [6.45, 7) is 3.29. The summed E-state index contributed by atoms with van der Waals surface area (Å²) in [5, 5.41) is 5.42. The maximum atomic E-state index is 13.4. The number of carbonyl (C=O) groups is 1. The number of anilines is 2. The van der Waals surface area contributed by atoms with Crippen molar-refractivity contribution in [2.24, 2.45) is 5.92 Å². The molecule has 0 aliphatic carbocycles. The van der Waals surface area contributed by atoms with Crippen molar-refractivity contribution in [1.82, 2.24) is 5.32 Å². The Morgan fingerprint density at radius 1 is 1.17 bits per heavy atom. The zero-order chi connectivity index (χ0) is 21.0. The van der Waals surface area contributed by atoms with Gasteiger partial charge >= 0.3 is 6.03 Å². The van der Waals surface area contributed by atoms with Crippen LogP contribution in [0.2, 0.25) is 0 Å². The van der Waals surface area contributed by atoms with E-state index in [-0.39, 0.29) is 16.6 Å². The van der Waals surface area contributed by atoms with Crippen LogP contribution < -0.4 is 15.5 Å². The number of nitrogens with zero attached hydrogens (tertiary/aromatic N) is 1. The first-order valence-corrected chi connectivity index (χ1v) is 11.0. The summed E-state index contributed by atoms with van der Waals surface area (Å²) in [4.78, 5) is 14.3. The molecule has 2 aromatic rings. The molecule has 0 bridgehead atoms. The summed E-state index contributed by atoms with van der Waals surface area (Å²) < 4.78 is 50.4. The monoisotopic (exact) mass is 423 g/mol. The molecule has 0 radical (unpaired) electrons. The predicted octanol–water partition coefficient (Wildman–Crippen LogP) is 3.41. The van der Waals surface area contributed by atoms with Crippen LogP contribution >= 0.6 is 0 Å². The van der Waals surface area contributed by atoms with E-state index < -0.39 is 27.5 Å². The first-order chi connectivity index (χ1) is 13.8. The molecule has 2 N–H and O–H groups in total. The first kappa shape index (κ1) is 21.0. The largest absolute Gasteiger partial charge is 0.371 e. The van der Waals surface area contributed by atoms with Gasteiger partial charge in [-0.15, -0.1) is 0 Å². The molecule has 0 spiro atoms. The summed E-state index contributed by atoms with van der Waals surface area (Å²) in [5.74, 6) is -1.60. The average Bonchev–Trinajstić information content (AvgIpc) is 3.18. The number of amides is 2. The van der Waals surface area contributed by atoms with E-state index in [1.165, 1.54) is 24.3 Å². The van der Waals surface area contributed by atoms with Crippen molar-refractivity contribution in [2.45, 2.75) is 18.2 Å². The number of hydrogen-bond acceptors (Lipinski definition) is 4. The molecular weight excluding hydrogens is 400 g/mol. The first-order valence-electron chi connectivity index (χ1n) is 9.36. The van der Waals surface area contributed by atoms with Crippen molar-refractivity contribution in [3.63, 3.8) is 0 Å². The van der Waals surface area contributed by atoms with Gasteiger partial charge in [0.15, 0.2) is 21.5 Å². The fourth-order valence-electron chi connectivity index (χ4n) is 3.26. The normalized spacial score (nSPS) is 16.7. The van der Waals surface area contributed by atoms with Crippen molar-refractivity contribution in [1.29, 1.82) is 0 Å². The van der Waals surface area contributed by atoms with Crippen molar-refractivity contribution < 1.29 is 22.0 Å². The second kappa shape index (κ2) is 8.77. The van der Waals surface area contributed by atoms with Crippen LogP contribution in [0.4, 0.5) is 25.0 Å². The minimum Gasteiger partial charge on any atom is -0.371 e. The fraction of sp³-hybridized carbons (Fsp3) is 0.350. The van der Waals surface area contributed by atoms with Gasteiger partial charge in [-0.1, -0.05) is 13.0 Å². The molecular formula is C20H23F2N3O3S. The van der Waals surface area contributed by atoms with Gasteiger partial charge in [0.2, 0.25) is 0 Å². The maximum Gasteiger partial charge on any atom is 0.319 e. The van der Waals surface area contributed by atoms with Crippen molar-refractivity contribution >= 4 is 27.2 Å². The number of halogens is 2. The molecule has 6 nitrogen and oxygen atoms in total. The summed E-state index contributed by atoms with van der Waals surface area (Å²) in [7, 11) is -3.35. The predicted molar refractivity (Wildman–Crippen MR) is 108 cm³/mol. The van der Waals surface area contributed by atoms with E-state index >= 15 is 0 Å². The zero-order valence-electron chi connectivity index (χ0n) is 16.0. The summed E-state index contributed by atoms with van der Waals surface area (Å²) in [6, 6.07) is 9.52. The van der Waals surface area contributed by atoms with Gasteiger partial charge in [0, 0.05) is 37.1 Å². The fourth-order valence-corrected chi connectivity index (χ4v) is 4.19. The number of benzene rings is 2. The number of nitrogens with one attached hydrogen (secondary N) is 2. The van der Waals surface area contributed by atoms with Crippen LogP contribution in [-0.4, -0.2) is 39.8 Å². The Morgan fingerprint density at radius 3 is 2.69 bits per heavy atom. The highest BCUT2D eigenvalue weighted by Gasteiger charge is 2.24. The third-order valence-electron chi connectivity index (χ3n) is 4.94. The molecule has 156 valence electrons. The number of sulfone groups is 1. The quantitative estimate of drug-likeness (QED) is 0.747. The van der Waals surface area contributed by atoms with Gasteiger partial charge < -0.3 is 15.5 Å². The molecule has 2 aromatic carbocycles. The average molecular weight is 423 g/mol. The number of urea groups is 1. The van der Waals surface area contributed by atoms with Gasteiger partial charge in [-0.05, 0) is 42.7 Å². The molecule has 1 atom stereocenters. The van der Waals surface area contributed by atoms with Crippen LogP contribution in [0.5, 0.6) is 0 Å². The Balaban J connectivity index is 1.51. The standard InChI is InChI=1S/C20H23F2N3O3S/c1-2-29(27,28)17-5-3-4-15(10-17)24-20(26)23-12-14-8-9-25(13-14)16-6-7-18(21)19(22)11-16/h3-7,10-11,14H,2,8-9,12-13H2,1H3,(H2,23,24,26). The molecule has 1 unspecified atom stereocenters. The molecule has 0 aromatic heterocycles. The lowest BCUT2D eigenvalue weighted by molar-refractivity contribution is 0.250. The van der Waals surface area contributed by atoms with Crippen molar-refractivity contribution in [2.75, 3.05) is 35.6 Å². The topological polar surface area (TPSA) is 78.5 Å². The highest BCUT2D eigenvalue weighted by Crippen LogP contribution is 2.25. The maximum absolute atomic E-state index is 13.4. The van der Waals surface area contributed by atoms with Crippen LogP contribution in [0.15, 0.2) is 47.4 Å². The molecule has 1 aliphatic rings. The van der Waals surface area contributed by atoms with E-state index in [0.29, 0.717) is 31.0 Å². The molecule has 1 heterocycles. The number of hydrogen-bond donors (Lipinski definition) is 2. The number of rotatable bonds is 6. The Labute approximate surface area is 168 Å². The second-order valence-electron chi connectivity index (χ2n) is 6.97. The van der Waals surface area contributed by atoms with Gasteiger partial charge in [-0.25, -0.2) is 22.0 Å². The highest BCUT2D eigenvalue weighted by molar-refractivity contribution is 7.91. The van der Waals surface area contributed by atoms with Crippen LogP contribution in [0, 0.1) is 17.6 Å². The van der Waals surface area contributed by atoms with Crippen molar-refractivity contribution in [3.05, 3.63) is 54.1 Å². The lowest BCUT2D eigenvalue weighted by atomic mass is 10.1. The molecule has 29 heavy (non-hydrogen) atoms. The van der Waals surface area contributed by atoms with Crippen LogP contribution in [0.25, 0.3) is 0 Å². The summed E-state index contributed by atoms with van der Waals surface area (Å²) in [5.41, 5.74) is 1.01. The highest BCUT2D eigenvalue weighted by atomic mass is 32.2. The molecule has 3 rings (SSSR count). The smallest absolute Gasteiger partial charge is 0.319 e. The van der Waals surface area contributed by atoms with Crippen molar-refractivity contribution in [3.8, 4) is 0 Å². The van der Waals surface area contributed by atoms with E-state index in [4.69, 9.17) is 0 Å². The van der Waals surface area contributed by atoms with Crippen LogP contribution in [0.3, 0.4) is 0 Å². The third kappa shape index (κ3) is 5.23. The van der Waals surface area contributed by atoms with E-state index in [1.54, 1.807) is 19.1 Å². The lowest BCUT2D eigenvalue weighted by Gasteiger charge is -2.19. The second-order valence-corrected chi connectivity index (χ2v) is 9.24. The Hall–Kier alpha value is -2.68. The zero-order valence-corrected chi connectivity index (χ0v) is 16.8. The molecule has 9 heteroatoms. The molecule has 1 saturated heterocycles. The van der Waals surface area contributed by atoms with Gasteiger partial charge in [0.25, 0.3) is 0 Å². The summed E-state index contributed by atoms with van der Waals surface area (Å²) in [6.07, 6.45) is 0.809. The van der Waals surface area contributed by atoms with Gasteiger partial charge in [-0.3, -0.25) is 0 Å². The molecule has 2 amide bonds. The van der Waals surface area contributed by atoms with E-state index in [2.05, 4.69) is 10.6 Å². The third-order valence-corrected chi connectivity index (χ3v) is 6.67. The van der Waals surface area contributed by atoms with E-state index in [9.17, 15) is 22.0 Å². The molecule has 0 saturated carbocycles. The Morgan fingerprint density at radius 2 is 1.97 bits per heavy atom. The van der Waals surface area contributed by atoms with E-state index in [0.717, 1.165) is 12.5 Å². The minimum atomic E-state index is -3.35. The van der Waals surface area contributed by atoms with Crippen LogP contribution in [-0.2, 0) is 9.84 Å². The van der Waals surface area contributed by atoms with E-state index in [1.807, 2.05) is 4.90 Å². The Bertz CT molecular complexity index is 998. The molecule has 1 fully saturated rings. The van der Waals surface area contributed by atoms with Gasteiger partial charge in [0.1, 0.15) is 0 Å². The van der Waals surface area contributed by atoms with Gasteiger partial charge in [0.05, 0.1) is 10.6 Å². The summed E-state index contributed by atoms with van der Waals surface area (Å²) >= 11 is 0. The SMILES string of the molecule is CCS(=O)(=O)c1cccc(NC(=O)NCC2CCN(c3ccc(F)c(F)c3)C2)c1.